The lowest BCUT2D eigenvalue weighted by Gasteiger charge is -2.39. The molecule has 0 aromatic rings. The predicted molar refractivity (Wildman–Crippen MR) is 116 cm³/mol. The highest BCUT2D eigenvalue weighted by atomic mass is 16.7. The fourth-order valence-corrected chi connectivity index (χ4v) is 3.77. The van der Waals surface area contributed by atoms with E-state index < -0.39 is 80.6 Å². The SMILES string of the molecule is C/C(=C\CCC(C)CCO[C@@H]1OC(CO)[C@@H](O)C(O)C1O)C(=O)O[C@@H]1O[C@H](CO)[C@@H](O)[C@H](O)C1O. The summed E-state index contributed by atoms with van der Waals surface area (Å²) in [6, 6.07) is 0. The third-order valence-electron chi connectivity index (χ3n) is 6.24. The summed E-state index contributed by atoms with van der Waals surface area (Å²) in [6.07, 6.45) is -10.8. The van der Waals surface area contributed by atoms with Crippen LogP contribution in [0.2, 0.25) is 0 Å². The smallest absolute Gasteiger partial charge is 0.335 e. The quantitative estimate of drug-likeness (QED) is 0.102. The van der Waals surface area contributed by atoms with Crippen LogP contribution in [0, 0.1) is 5.92 Å². The molecule has 13 nitrogen and oxygen atoms in total. The zero-order valence-corrected chi connectivity index (χ0v) is 19.8. The summed E-state index contributed by atoms with van der Waals surface area (Å²) in [4.78, 5) is 12.3. The number of ether oxygens (including phenoxy) is 4. The van der Waals surface area contributed by atoms with Crippen LogP contribution in [0.15, 0.2) is 11.6 Å². The zero-order chi connectivity index (χ0) is 26.3. The van der Waals surface area contributed by atoms with Crippen molar-refractivity contribution < 1.29 is 64.6 Å². The average molecular weight is 511 g/mol. The molecule has 0 radical (unpaired) electrons. The molecule has 8 N–H and O–H groups in total. The Morgan fingerprint density at radius 3 is 1.89 bits per heavy atom. The number of allylic oxidation sites excluding steroid dienone is 1. The van der Waals surface area contributed by atoms with Gasteiger partial charge in [-0.05, 0) is 32.1 Å². The van der Waals surface area contributed by atoms with Crippen molar-refractivity contribution in [2.75, 3.05) is 19.8 Å². The van der Waals surface area contributed by atoms with Crippen LogP contribution in [-0.2, 0) is 23.7 Å². The van der Waals surface area contributed by atoms with Gasteiger partial charge in [0.25, 0.3) is 0 Å². The Morgan fingerprint density at radius 2 is 1.34 bits per heavy atom. The molecule has 13 heteroatoms. The van der Waals surface area contributed by atoms with Gasteiger partial charge in [0.05, 0.1) is 19.8 Å². The molecule has 11 atom stereocenters. The number of carbonyl (C=O) groups is 1. The molecule has 0 aliphatic carbocycles. The lowest BCUT2D eigenvalue weighted by Crippen LogP contribution is -2.59. The van der Waals surface area contributed by atoms with Gasteiger partial charge in [-0.1, -0.05) is 13.0 Å². The first kappa shape index (κ1) is 30.0. The van der Waals surface area contributed by atoms with Gasteiger partial charge in [0.1, 0.15) is 48.8 Å². The number of carbonyl (C=O) groups excluding carboxylic acids is 1. The van der Waals surface area contributed by atoms with E-state index >= 15 is 0 Å². The van der Waals surface area contributed by atoms with E-state index in [1.807, 2.05) is 6.92 Å². The molecule has 35 heavy (non-hydrogen) atoms. The number of aliphatic hydroxyl groups is 8. The summed E-state index contributed by atoms with van der Waals surface area (Å²) >= 11 is 0. The molecule has 2 heterocycles. The van der Waals surface area contributed by atoms with Gasteiger partial charge in [0.15, 0.2) is 6.29 Å². The summed E-state index contributed by atoms with van der Waals surface area (Å²) in [5.41, 5.74) is 0.242. The van der Waals surface area contributed by atoms with Crippen LogP contribution in [0.4, 0.5) is 0 Å². The zero-order valence-electron chi connectivity index (χ0n) is 19.8. The van der Waals surface area contributed by atoms with Gasteiger partial charge in [-0.15, -0.1) is 0 Å². The number of hydrogen-bond donors (Lipinski definition) is 8. The third kappa shape index (κ3) is 7.87. The summed E-state index contributed by atoms with van der Waals surface area (Å²) in [5.74, 6) is -0.640. The molecular formula is C22H38O13. The van der Waals surface area contributed by atoms with Crippen LogP contribution < -0.4 is 0 Å². The summed E-state index contributed by atoms with van der Waals surface area (Å²) in [7, 11) is 0. The Morgan fingerprint density at radius 1 is 0.829 bits per heavy atom. The Labute approximate surface area is 203 Å². The third-order valence-corrected chi connectivity index (χ3v) is 6.24. The van der Waals surface area contributed by atoms with E-state index in [0.717, 1.165) is 0 Å². The van der Waals surface area contributed by atoms with Gasteiger partial charge in [-0.2, -0.15) is 0 Å². The largest absolute Gasteiger partial charge is 0.429 e. The van der Waals surface area contributed by atoms with Crippen LogP contribution in [0.5, 0.6) is 0 Å². The number of hydrogen-bond acceptors (Lipinski definition) is 13. The van der Waals surface area contributed by atoms with Crippen molar-refractivity contribution in [3.63, 3.8) is 0 Å². The molecule has 0 bridgehead atoms. The Balaban J connectivity index is 1.73. The Hall–Kier alpha value is -1.23. The normalized spacial score (nSPS) is 39.3. The minimum atomic E-state index is -1.67. The Bertz CT molecular complexity index is 684. The van der Waals surface area contributed by atoms with Crippen LogP contribution in [0.3, 0.4) is 0 Å². The van der Waals surface area contributed by atoms with Crippen molar-refractivity contribution in [3.05, 3.63) is 11.6 Å². The van der Waals surface area contributed by atoms with Crippen LogP contribution in [0.25, 0.3) is 0 Å². The minimum absolute atomic E-state index is 0.144. The Kier molecular flexibility index (Phi) is 11.9. The maximum absolute atomic E-state index is 12.3. The summed E-state index contributed by atoms with van der Waals surface area (Å²) in [6.45, 7) is 2.48. The predicted octanol–water partition coefficient (Wildman–Crippen LogP) is -3.10. The molecule has 2 rings (SSSR count). The standard InChI is InChI=1S/C22H38O13/c1-10(6-7-32-21-18(29)16(27)14(25)12(8-23)33-21)4-3-5-11(2)20(31)35-22-19(30)17(28)15(26)13(9-24)34-22/h5,10,12-19,21-30H,3-4,6-9H2,1-2H3/b11-5+/t10?,12?,13-,14-,15-,16?,17+,18?,19?,21-,22+/m1/s1. The molecule has 2 aliphatic rings. The first-order valence-electron chi connectivity index (χ1n) is 11.6. The minimum Gasteiger partial charge on any atom is -0.429 e. The van der Waals surface area contributed by atoms with E-state index in [9.17, 15) is 45.6 Å². The van der Waals surface area contributed by atoms with Crippen LogP contribution >= 0.6 is 0 Å². The molecule has 2 saturated heterocycles. The van der Waals surface area contributed by atoms with E-state index in [2.05, 4.69) is 0 Å². The molecule has 0 spiro atoms. The van der Waals surface area contributed by atoms with Crippen molar-refractivity contribution in [1.82, 2.24) is 0 Å². The summed E-state index contributed by atoms with van der Waals surface area (Å²) < 4.78 is 21.0. The molecule has 0 aromatic heterocycles. The molecule has 5 unspecified atom stereocenters. The maximum Gasteiger partial charge on any atom is 0.335 e. The second-order valence-corrected chi connectivity index (χ2v) is 9.03. The topological polar surface area (TPSA) is 216 Å². The average Bonchev–Trinajstić information content (AvgIpc) is 2.84. The van der Waals surface area contributed by atoms with Crippen molar-refractivity contribution in [2.24, 2.45) is 5.92 Å². The van der Waals surface area contributed by atoms with Gasteiger partial charge >= 0.3 is 5.97 Å². The molecule has 0 saturated carbocycles. The van der Waals surface area contributed by atoms with Gasteiger partial charge in [-0.3, -0.25) is 0 Å². The van der Waals surface area contributed by atoms with Crippen LogP contribution in [-0.4, -0.2) is 128 Å². The van der Waals surface area contributed by atoms with E-state index in [0.29, 0.717) is 19.3 Å². The molecular weight excluding hydrogens is 472 g/mol. The molecule has 204 valence electrons. The highest BCUT2D eigenvalue weighted by Gasteiger charge is 2.45. The number of rotatable bonds is 11. The first-order chi connectivity index (χ1) is 16.5. The second kappa shape index (κ2) is 13.9. The fourth-order valence-electron chi connectivity index (χ4n) is 3.77. The molecule has 0 amide bonds. The second-order valence-electron chi connectivity index (χ2n) is 9.03. The lowest BCUT2D eigenvalue weighted by molar-refractivity contribution is -0.301. The summed E-state index contributed by atoms with van der Waals surface area (Å²) in [5, 5.41) is 77.5. The van der Waals surface area contributed by atoms with E-state index in [-0.39, 0.29) is 18.1 Å². The van der Waals surface area contributed by atoms with E-state index in [1.54, 1.807) is 6.08 Å². The van der Waals surface area contributed by atoms with Crippen molar-refractivity contribution >= 4 is 5.97 Å². The van der Waals surface area contributed by atoms with E-state index in [1.165, 1.54) is 6.92 Å². The molecule has 2 fully saturated rings. The van der Waals surface area contributed by atoms with Crippen molar-refractivity contribution in [3.8, 4) is 0 Å². The number of aliphatic hydroxyl groups excluding tert-OH is 8. The number of esters is 1. The van der Waals surface area contributed by atoms with Crippen LogP contribution in [0.1, 0.15) is 33.1 Å². The molecule has 0 aromatic carbocycles. The van der Waals surface area contributed by atoms with Gasteiger partial charge in [0, 0.05) is 5.57 Å². The lowest BCUT2D eigenvalue weighted by atomic mass is 9.99. The van der Waals surface area contributed by atoms with Gasteiger partial charge < -0.3 is 59.8 Å². The van der Waals surface area contributed by atoms with Crippen molar-refractivity contribution in [2.45, 2.75) is 94.5 Å². The van der Waals surface area contributed by atoms with Crippen molar-refractivity contribution in [1.29, 1.82) is 0 Å². The fraction of sp³-hybridized carbons (Fsp3) is 0.864. The highest BCUT2D eigenvalue weighted by Crippen LogP contribution is 2.24. The first-order valence-corrected chi connectivity index (χ1v) is 11.6. The highest BCUT2D eigenvalue weighted by molar-refractivity contribution is 5.87. The molecule has 2 aliphatic heterocycles. The monoisotopic (exact) mass is 510 g/mol. The van der Waals surface area contributed by atoms with E-state index in [4.69, 9.17) is 18.9 Å². The van der Waals surface area contributed by atoms with Gasteiger partial charge in [-0.25, -0.2) is 4.79 Å². The van der Waals surface area contributed by atoms with Gasteiger partial charge in [0.2, 0.25) is 6.29 Å². The maximum atomic E-state index is 12.3.